The van der Waals surface area contributed by atoms with E-state index in [1.165, 1.54) is 24.7 Å². The fourth-order valence-electron chi connectivity index (χ4n) is 1.71. The number of nitrogens with one attached hydrogen (secondary N) is 1. The van der Waals surface area contributed by atoms with E-state index in [4.69, 9.17) is 9.47 Å². The molecule has 126 valence electrons. The molecular weight excluding hydrogens is 332 g/mol. The van der Waals surface area contributed by atoms with E-state index in [0.29, 0.717) is 28.5 Å². The number of ether oxygens (including phenoxy) is 3. The summed E-state index contributed by atoms with van der Waals surface area (Å²) in [5, 5.41) is 5.53. The number of thiophene rings is 1. The maximum Gasteiger partial charge on any atom is 0.427 e. The zero-order valence-corrected chi connectivity index (χ0v) is 14.0. The Kier molecular flexibility index (Phi) is 6.32. The zero-order valence-electron chi connectivity index (χ0n) is 13.1. The lowest BCUT2D eigenvalue weighted by atomic mass is 10.2. The Balaban J connectivity index is 2.14. The fourth-order valence-corrected chi connectivity index (χ4v) is 2.31. The number of benzene rings is 1. The molecule has 2 rings (SSSR count). The highest BCUT2D eigenvalue weighted by Gasteiger charge is 2.13. The third-order valence-electron chi connectivity index (χ3n) is 2.75. The van der Waals surface area contributed by atoms with Crippen LogP contribution >= 0.6 is 11.3 Å². The summed E-state index contributed by atoms with van der Waals surface area (Å²) in [6.07, 6.45) is 0.752. The van der Waals surface area contributed by atoms with Gasteiger partial charge in [-0.3, -0.25) is 0 Å². The van der Waals surface area contributed by atoms with Crippen molar-refractivity contribution in [3.05, 3.63) is 46.2 Å². The lowest BCUT2D eigenvalue weighted by Crippen LogP contribution is -2.16. The van der Waals surface area contributed by atoms with Crippen molar-refractivity contribution in [1.82, 2.24) is 5.43 Å². The third kappa shape index (κ3) is 4.82. The molecule has 0 aliphatic rings. The molecule has 0 unspecified atom stereocenters. The van der Waals surface area contributed by atoms with Gasteiger partial charge >= 0.3 is 12.1 Å². The van der Waals surface area contributed by atoms with Gasteiger partial charge in [0.2, 0.25) is 0 Å². The topological polar surface area (TPSA) is 86.2 Å². The van der Waals surface area contributed by atoms with E-state index >= 15 is 0 Å². The number of nitrogens with zero attached hydrogens (tertiary/aromatic N) is 1. The number of methoxy groups -OCH3 is 1. The molecule has 0 aliphatic carbocycles. The molecule has 2 aromatic rings. The first kappa shape index (κ1) is 17.5. The molecule has 8 heteroatoms. The smallest absolute Gasteiger partial charge is 0.427 e. The molecule has 0 saturated heterocycles. The molecule has 0 aliphatic heterocycles. The normalized spacial score (nSPS) is 10.4. The summed E-state index contributed by atoms with van der Waals surface area (Å²) in [5.74, 6) is 0.275. The highest BCUT2D eigenvalue weighted by atomic mass is 32.1. The van der Waals surface area contributed by atoms with E-state index in [-0.39, 0.29) is 0 Å². The highest BCUT2D eigenvalue weighted by molar-refractivity contribution is 7.12. The van der Waals surface area contributed by atoms with Crippen LogP contribution in [0.2, 0.25) is 0 Å². The van der Waals surface area contributed by atoms with E-state index in [9.17, 15) is 9.59 Å². The molecule has 1 amide bonds. The molecule has 1 heterocycles. The Hall–Kier alpha value is -2.87. The number of carbonyl (C=O) groups excluding carboxylic acids is 2. The second kappa shape index (κ2) is 8.68. The van der Waals surface area contributed by atoms with Crippen molar-refractivity contribution in [2.45, 2.75) is 6.92 Å². The molecule has 1 aromatic heterocycles. The Morgan fingerprint density at radius 1 is 1.29 bits per heavy atom. The molecule has 0 radical (unpaired) electrons. The first-order chi connectivity index (χ1) is 11.6. The number of amides is 1. The van der Waals surface area contributed by atoms with Crippen LogP contribution in [-0.4, -0.2) is 32.0 Å². The van der Waals surface area contributed by atoms with Gasteiger partial charge in [0.1, 0.15) is 4.88 Å². The van der Waals surface area contributed by atoms with Gasteiger partial charge in [0.15, 0.2) is 11.5 Å². The summed E-state index contributed by atoms with van der Waals surface area (Å²) in [6, 6.07) is 8.41. The van der Waals surface area contributed by atoms with Crippen LogP contribution in [-0.2, 0) is 4.74 Å². The third-order valence-corrected chi connectivity index (χ3v) is 3.60. The van der Waals surface area contributed by atoms with Gasteiger partial charge in [-0.2, -0.15) is 5.10 Å². The second-order valence-electron chi connectivity index (χ2n) is 4.37. The number of hydrogen-bond acceptors (Lipinski definition) is 7. The number of rotatable bonds is 6. The van der Waals surface area contributed by atoms with Gasteiger partial charge in [-0.1, -0.05) is 6.07 Å². The van der Waals surface area contributed by atoms with E-state index in [1.807, 2.05) is 6.92 Å². The average Bonchev–Trinajstić information content (AvgIpc) is 3.11. The van der Waals surface area contributed by atoms with Crippen LogP contribution in [0, 0.1) is 0 Å². The Morgan fingerprint density at radius 3 is 2.79 bits per heavy atom. The van der Waals surface area contributed by atoms with Gasteiger partial charge in [-0.05, 0) is 42.1 Å². The SMILES string of the molecule is CCOc1cc(C=NNC(=O)OC)ccc1OC(=O)c1cccs1. The van der Waals surface area contributed by atoms with Crippen molar-refractivity contribution in [3.63, 3.8) is 0 Å². The van der Waals surface area contributed by atoms with Crippen molar-refractivity contribution in [1.29, 1.82) is 0 Å². The molecular formula is C16H16N2O5S. The molecule has 24 heavy (non-hydrogen) atoms. The van der Waals surface area contributed by atoms with Crippen molar-refractivity contribution < 1.29 is 23.8 Å². The first-order valence-electron chi connectivity index (χ1n) is 7.03. The number of carbonyl (C=O) groups is 2. The maximum absolute atomic E-state index is 12.0. The first-order valence-corrected chi connectivity index (χ1v) is 7.91. The van der Waals surface area contributed by atoms with Gasteiger partial charge in [-0.15, -0.1) is 11.3 Å². The van der Waals surface area contributed by atoms with Crippen LogP contribution < -0.4 is 14.9 Å². The second-order valence-corrected chi connectivity index (χ2v) is 5.32. The average molecular weight is 348 g/mol. The Bertz CT molecular complexity index is 728. The fraction of sp³-hybridized carbons (Fsp3) is 0.188. The van der Waals surface area contributed by atoms with Crippen molar-refractivity contribution >= 4 is 29.6 Å². The number of hydrogen-bond donors (Lipinski definition) is 1. The van der Waals surface area contributed by atoms with Crippen molar-refractivity contribution in [2.75, 3.05) is 13.7 Å². The minimum Gasteiger partial charge on any atom is -0.490 e. The molecule has 0 bridgehead atoms. The lowest BCUT2D eigenvalue weighted by molar-refractivity contribution is 0.0733. The van der Waals surface area contributed by atoms with Crippen LogP contribution in [0.5, 0.6) is 11.5 Å². The van der Waals surface area contributed by atoms with Gasteiger partial charge in [0.05, 0.1) is 19.9 Å². The van der Waals surface area contributed by atoms with Crippen molar-refractivity contribution in [3.8, 4) is 11.5 Å². The summed E-state index contributed by atoms with van der Waals surface area (Å²) in [6.45, 7) is 2.23. The maximum atomic E-state index is 12.0. The standard InChI is InChI=1S/C16H16N2O5S/c1-3-22-13-9-11(10-17-18-16(20)21-2)6-7-12(13)23-15(19)14-5-4-8-24-14/h4-10H,3H2,1-2H3,(H,18,20). The molecule has 1 aromatic carbocycles. The van der Waals surface area contributed by atoms with Crippen LogP contribution in [0.15, 0.2) is 40.8 Å². The minimum absolute atomic E-state index is 0.313. The van der Waals surface area contributed by atoms with Crippen molar-refractivity contribution in [2.24, 2.45) is 5.10 Å². The summed E-state index contributed by atoms with van der Waals surface area (Å²) in [7, 11) is 1.24. The van der Waals surface area contributed by atoms with Crippen LogP contribution in [0.4, 0.5) is 4.79 Å². The van der Waals surface area contributed by atoms with E-state index in [0.717, 1.165) is 0 Å². The van der Waals surface area contributed by atoms with Gasteiger partial charge in [-0.25, -0.2) is 15.0 Å². The monoisotopic (exact) mass is 348 g/mol. The summed E-state index contributed by atoms with van der Waals surface area (Å²) < 4.78 is 15.3. The largest absolute Gasteiger partial charge is 0.490 e. The summed E-state index contributed by atoms with van der Waals surface area (Å²) in [5.41, 5.74) is 2.84. The van der Waals surface area contributed by atoms with Crippen LogP contribution in [0.3, 0.4) is 0 Å². The Morgan fingerprint density at radius 2 is 2.12 bits per heavy atom. The van der Waals surface area contributed by atoms with E-state index in [1.54, 1.807) is 35.7 Å². The highest BCUT2D eigenvalue weighted by Crippen LogP contribution is 2.29. The zero-order chi connectivity index (χ0) is 17.4. The summed E-state index contributed by atoms with van der Waals surface area (Å²) >= 11 is 1.30. The van der Waals surface area contributed by atoms with Gasteiger partial charge < -0.3 is 14.2 Å². The number of esters is 1. The molecule has 0 fully saturated rings. The summed E-state index contributed by atoms with van der Waals surface area (Å²) in [4.78, 5) is 23.5. The van der Waals surface area contributed by atoms with Crippen LogP contribution in [0.25, 0.3) is 0 Å². The van der Waals surface area contributed by atoms with E-state index in [2.05, 4.69) is 15.3 Å². The van der Waals surface area contributed by atoms with Gasteiger partial charge in [0, 0.05) is 0 Å². The van der Waals surface area contributed by atoms with Gasteiger partial charge in [0.25, 0.3) is 0 Å². The molecule has 1 N–H and O–H groups in total. The molecule has 7 nitrogen and oxygen atoms in total. The molecule has 0 spiro atoms. The Labute approximate surface area is 142 Å². The lowest BCUT2D eigenvalue weighted by Gasteiger charge is -2.10. The van der Waals surface area contributed by atoms with Crippen LogP contribution in [0.1, 0.15) is 22.2 Å². The van der Waals surface area contributed by atoms with E-state index < -0.39 is 12.1 Å². The molecule has 0 atom stereocenters. The predicted octanol–water partition coefficient (Wildman–Crippen LogP) is 3.06. The quantitative estimate of drug-likeness (QED) is 0.375. The minimum atomic E-state index is -0.669. The predicted molar refractivity (Wildman–Crippen MR) is 90.0 cm³/mol. The molecule has 0 saturated carbocycles. The number of hydrazone groups is 1.